The van der Waals surface area contributed by atoms with Gasteiger partial charge in [0.15, 0.2) is 0 Å². The summed E-state index contributed by atoms with van der Waals surface area (Å²) in [4.78, 5) is 13.6. The molecular weight excluding hydrogens is 218 g/mol. The maximum atomic E-state index is 11.9. The smallest absolute Gasteiger partial charge is 0.410 e. The van der Waals surface area contributed by atoms with Gasteiger partial charge in [0.05, 0.1) is 6.10 Å². The van der Waals surface area contributed by atoms with Crippen LogP contribution in [0, 0.1) is 5.92 Å². The first kappa shape index (κ1) is 14.3. The molecule has 0 aromatic carbocycles. The first-order valence-corrected chi connectivity index (χ1v) is 6.36. The van der Waals surface area contributed by atoms with Crippen LogP contribution in [0.1, 0.15) is 47.0 Å². The fourth-order valence-corrected chi connectivity index (χ4v) is 2.33. The highest BCUT2D eigenvalue weighted by Crippen LogP contribution is 2.28. The predicted molar refractivity (Wildman–Crippen MR) is 66.8 cm³/mol. The Bertz CT molecular complexity index is 272. The highest BCUT2D eigenvalue weighted by Gasteiger charge is 2.34. The lowest BCUT2D eigenvalue weighted by molar-refractivity contribution is -0.0106. The lowest BCUT2D eigenvalue weighted by Crippen LogP contribution is -2.48. The number of aliphatic hydroxyl groups is 1. The standard InChI is InChI=1S/C13H25NO3/c1-9-10(7-6-8-11(9)15)14(5)12(16)17-13(2,3)4/h9-11,15H,6-8H2,1-5H3. The molecule has 0 saturated heterocycles. The molecule has 1 aliphatic carbocycles. The molecule has 0 aliphatic heterocycles. The molecule has 1 saturated carbocycles. The van der Waals surface area contributed by atoms with Crippen LogP contribution >= 0.6 is 0 Å². The normalized spacial score (nSPS) is 29.9. The highest BCUT2D eigenvalue weighted by atomic mass is 16.6. The Labute approximate surface area is 104 Å². The maximum absolute atomic E-state index is 11.9. The zero-order valence-corrected chi connectivity index (χ0v) is 11.6. The first-order valence-electron chi connectivity index (χ1n) is 6.36. The van der Waals surface area contributed by atoms with E-state index in [9.17, 15) is 9.90 Å². The summed E-state index contributed by atoms with van der Waals surface area (Å²) in [5.74, 6) is 0.112. The first-order chi connectivity index (χ1) is 7.72. The third-order valence-corrected chi connectivity index (χ3v) is 3.39. The van der Waals surface area contributed by atoms with Crippen LogP contribution in [0.4, 0.5) is 4.79 Å². The minimum absolute atomic E-state index is 0.0774. The summed E-state index contributed by atoms with van der Waals surface area (Å²) in [6.07, 6.45) is 2.12. The monoisotopic (exact) mass is 243 g/mol. The topological polar surface area (TPSA) is 49.8 Å². The zero-order valence-electron chi connectivity index (χ0n) is 11.6. The van der Waals surface area contributed by atoms with E-state index in [1.165, 1.54) is 0 Å². The van der Waals surface area contributed by atoms with Gasteiger partial charge in [-0.15, -0.1) is 0 Å². The van der Waals surface area contributed by atoms with Crippen LogP contribution in [-0.4, -0.2) is 40.9 Å². The van der Waals surface area contributed by atoms with E-state index in [1.807, 2.05) is 27.7 Å². The summed E-state index contributed by atoms with van der Waals surface area (Å²) in [6.45, 7) is 7.57. The van der Waals surface area contributed by atoms with Crippen molar-refractivity contribution in [1.29, 1.82) is 0 Å². The van der Waals surface area contributed by atoms with Gasteiger partial charge in [-0.25, -0.2) is 4.79 Å². The van der Waals surface area contributed by atoms with Crippen LogP contribution in [0.2, 0.25) is 0 Å². The van der Waals surface area contributed by atoms with Crippen molar-refractivity contribution in [2.24, 2.45) is 5.92 Å². The summed E-state index contributed by atoms with van der Waals surface area (Å²) in [5, 5.41) is 9.83. The number of carbonyl (C=O) groups excluding carboxylic acids is 1. The van der Waals surface area contributed by atoms with Crippen LogP contribution in [0.15, 0.2) is 0 Å². The van der Waals surface area contributed by atoms with Gasteiger partial charge in [0.2, 0.25) is 0 Å². The minimum Gasteiger partial charge on any atom is -0.444 e. The second kappa shape index (κ2) is 5.25. The number of carbonyl (C=O) groups is 1. The molecule has 0 spiro atoms. The largest absolute Gasteiger partial charge is 0.444 e. The number of amides is 1. The van der Waals surface area contributed by atoms with Crippen molar-refractivity contribution in [2.75, 3.05) is 7.05 Å². The van der Waals surface area contributed by atoms with Gasteiger partial charge >= 0.3 is 6.09 Å². The maximum Gasteiger partial charge on any atom is 0.410 e. The van der Waals surface area contributed by atoms with Crippen LogP contribution in [0.25, 0.3) is 0 Å². The molecule has 3 atom stereocenters. The van der Waals surface area contributed by atoms with Gasteiger partial charge in [0.25, 0.3) is 0 Å². The van der Waals surface area contributed by atoms with Crippen molar-refractivity contribution in [3.05, 3.63) is 0 Å². The molecule has 0 aromatic rings. The summed E-state index contributed by atoms with van der Waals surface area (Å²) in [6, 6.07) is 0.0774. The highest BCUT2D eigenvalue weighted by molar-refractivity contribution is 5.68. The van der Waals surface area contributed by atoms with E-state index in [2.05, 4.69) is 0 Å². The Morgan fingerprint density at radius 2 is 1.94 bits per heavy atom. The molecule has 17 heavy (non-hydrogen) atoms. The Kier molecular flexibility index (Phi) is 4.42. The predicted octanol–water partition coefficient (Wildman–Crippen LogP) is 2.40. The molecule has 0 heterocycles. The van der Waals surface area contributed by atoms with Crippen LogP contribution < -0.4 is 0 Å². The molecule has 1 rings (SSSR count). The number of hydrogen-bond donors (Lipinski definition) is 1. The van der Waals surface area contributed by atoms with Crippen LogP contribution in [0.5, 0.6) is 0 Å². The van der Waals surface area contributed by atoms with Gasteiger partial charge in [-0.2, -0.15) is 0 Å². The van der Waals surface area contributed by atoms with Crippen molar-refractivity contribution in [1.82, 2.24) is 4.90 Å². The molecule has 0 radical (unpaired) electrons. The third-order valence-electron chi connectivity index (χ3n) is 3.39. The summed E-state index contributed by atoms with van der Waals surface area (Å²) >= 11 is 0. The van der Waals surface area contributed by atoms with Crippen LogP contribution in [0.3, 0.4) is 0 Å². The summed E-state index contributed by atoms with van der Waals surface area (Å²) in [5.41, 5.74) is -0.470. The second-order valence-corrected chi connectivity index (χ2v) is 6.02. The van der Waals surface area contributed by atoms with E-state index in [0.29, 0.717) is 0 Å². The molecule has 1 N–H and O–H groups in total. The Hall–Kier alpha value is -0.770. The average molecular weight is 243 g/mol. The number of ether oxygens (including phenoxy) is 1. The number of hydrogen-bond acceptors (Lipinski definition) is 3. The molecular formula is C13H25NO3. The molecule has 0 aromatic heterocycles. The lowest BCUT2D eigenvalue weighted by Gasteiger charge is -2.39. The average Bonchev–Trinajstić information content (AvgIpc) is 2.18. The van der Waals surface area contributed by atoms with Crippen molar-refractivity contribution in [3.8, 4) is 0 Å². The molecule has 0 bridgehead atoms. The van der Waals surface area contributed by atoms with Gasteiger partial charge < -0.3 is 14.7 Å². The summed E-state index contributed by atoms with van der Waals surface area (Å²) in [7, 11) is 1.76. The molecule has 3 unspecified atom stereocenters. The van der Waals surface area contributed by atoms with Gasteiger partial charge in [0, 0.05) is 19.0 Å². The van der Waals surface area contributed by atoms with Gasteiger partial charge in [-0.3, -0.25) is 0 Å². The molecule has 1 fully saturated rings. The lowest BCUT2D eigenvalue weighted by atomic mass is 9.83. The van der Waals surface area contributed by atoms with E-state index >= 15 is 0 Å². The molecule has 1 aliphatic rings. The molecule has 4 heteroatoms. The second-order valence-electron chi connectivity index (χ2n) is 6.02. The quantitative estimate of drug-likeness (QED) is 0.769. The van der Waals surface area contributed by atoms with E-state index in [4.69, 9.17) is 4.74 Å². The summed E-state index contributed by atoms with van der Waals surface area (Å²) < 4.78 is 5.34. The van der Waals surface area contributed by atoms with Gasteiger partial charge in [-0.1, -0.05) is 6.92 Å². The van der Waals surface area contributed by atoms with E-state index < -0.39 is 5.60 Å². The van der Waals surface area contributed by atoms with Crippen molar-refractivity contribution >= 4 is 6.09 Å². The fourth-order valence-electron chi connectivity index (χ4n) is 2.33. The van der Waals surface area contributed by atoms with Crippen molar-refractivity contribution in [2.45, 2.75) is 64.7 Å². The van der Waals surface area contributed by atoms with Gasteiger partial charge in [-0.05, 0) is 40.0 Å². The number of rotatable bonds is 1. The van der Waals surface area contributed by atoms with Crippen LogP contribution in [-0.2, 0) is 4.74 Å². The van der Waals surface area contributed by atoms with Crippen molar-refractivity contribution in [3.63, 3.8) is 0 Å². The van der Waals surface area contributed by atoms with E-state index in [0.717, 1.165) is 19.3 Å². The SMILES string of the molecule is CC1C(O)CCCC1N(C)C(=O)OC(C)(C)C. The molecule has 100 valence electrons. The fraction of sp³-hybridized carbons (Fsp3) is 0.923. The van der Waals surface area contributed by atoms with E-state index in [-0.39, 0.29) is 24.2 Å². The molecule has 1 amide bonds. The number of aliphatic hydroxyl groups excluding tert-OH is 1. The van der Waals surface area contributed by atoms with Gasteiger partial charge in [0.1, 0.15) is 5.60 Å². The van der Waals surface area contributed by atoms with Crippen molar-refractivity contribution < 1.29 is 14.6 Å². The Morgan fingerprint density at radius 1 is 1.35 bits per heavy atom. The third kappa shape index (κ3) is 3.87. The number of nitrogens with zero attached hydrogens (tertiary/aromatic N) is 1. The minimum atomic E-state index is -0.470. The molecule has 4 nitrogen and oxygen atoms in total. The Balaban J connectivity index is 2.62. The Morgan fingerprint density at radius 3 is 2.47 bits per heavy atom. The van der Waals surface area contributed by atoms with E-state index in [1.54, 1.807) is 11.9 Å². The zero-order chi connectivity index (χ0) is 13.2.